The van der Waals surface area contributed by atoms with E-state index in [9.17, 15) is 9.59 Å². The Kier molecular flexibility index (Phi) is 4.89. The van der Waals surface area contributed by atoms with Crippen molar-refractivity contribution in [1.29, 1.82) is 0 Å². The minimum atomic E-state index is -0.190. The monoisotopic (exact) mass is 347 g/mol. The van der Waals surface area contributed by atoms with Gasteiger partial charge in [-0.25, -0.2) is 4.63 Å². The molecule has 136 valence electrons. The van der Waals surface area contributed by atoms with Crippen molar-refractivity contribution >= 4 is 11.8 Å². The first-order valence-corrected chi connectivity index (χ1v) is 8.65. The number of likely N-dealkylation sites (tertiary alicyclic amines) is 1. The van der Waals surface area contributed by atoms with Crippen LogP contribution in [0.2, 0.25) is 0 Å². The largest absolute Gasteiger partial charge is 0.339 e. The highest BCUT2D eigenvalue weighted by molar-refractivity contribution is 5.93. The maximum atomic E-state index is 12.8. The van der Waals surface area contributed by atoms with E-state index in [-0.39, 0.29) is 23.0 Å². The third-order valence-corrected chi connectivity index (χ3v) is 5.50. The molecule has 1 unspecified atom stereocenters. The maximum absolute atomic E-state index is 12.8. The SMILES string of the molecule is C=CCN1CCC2(CCC1=O)CN(C(=O)c1nonc1C)CCN2C. The normalized spacial score (nSPS) is 25.3. The van der Waals surface area contributed by atoms with Gasteiger partial charge < -0.3 is 9.80 Å². The Bertz CT molecular complexity index is 673. The molecule has 1 aromatic heterocycles. The van der Waals surface area contributed by atoms with Crippen LogP contribution in [0.25, 0.3) is 0 Å². The van der Waals surface area contributed by atoms with Gasteiger partial charge in [-0.05, 0) is 32.0 Å². The van der Waals surface area contributed by atoms with Crippen molar-refractivity contribution in [1.82, 2.24) is 25.0 Å². The van der Waals surface area contributed by atoms with Gasteiger partial charge in [-0.3, -0.25) is 14.5 Å². The summed E-state index contributed by atoms with van der Waals surface area (Å²) in [7, 11) is 2.08. The average Bonchev–Trinajstić information content (AvgIpc) is 2.97. The van der Waals surface area contributed by atoms with Gasteiger partial charge in [0, 0.05) is 44.7 Å². The molecule has 2 aliphatic rings. The van der Waals surface area contributed by atoms with Gasteiger partial charge in [0.05, 0.1) is 0 Å². The number of amides is 2. The highest BCUT2D eigenvalue weighted by Crippen LogP contribution is 2.32. The van der Waals surface area contributed by atoms with Crippen molar-refractivity contribution in [3.63, 3.8) is 0 Å². The number of nitrogens with zero attached hydrogens (tertiary/aromatic N) is 5. The van der Waals surface area contributed by atoms with Crippen LogP contribution in [0.1, 0.15) is 35.4 Å². The molecule has 0 radical (unpaired) electrons. The van der Waals surface area contributed by atoms with E-state index < -0.39 is 0 Å². The zero-order chi connectivity index (χ0) is 18.0. The summed E-state index contributed by atoms with van der Waals surface area (Å²) in [5.41, 5.74) is 0.591. The van der Waals surface area contributed by atoms with E-state index in [0.717, 1.165) is 19.4 Å². The number of piperazine rings is 1. The second-order valence-electron chi connectivity index (χ2n) is 6.95. The predicted molar refractivity (Wildman–Crippen MR) is 90.9 cm³/mol. The van der Waals surface area contributed by atoms with Gasteiger partial charge >= 0.3 is 0 Å². The van der Waals surface area contributed by atoms with Crippen LogP contribution in [-0.2, 0) is 4.79 Å². The molecule has 1 aromatic rings. The predicted octanol–water partition coefficient (Wildman–Crippen LogP) is 0.703. The number of hydrogen-bond acceptors (Lipinski definition) is 6. The standard InChI is InChI=1S/C17H25N5O3/c1-4-8-21-9-7-17(6-5-14(21)23)12-22(11-10-20(17)3)16(24)15-13(2)18-25-19-15/h4H,1,5-12H2,2-3H3. The van der Waals surface area contributed by atoms with Crippen LogP contribution in [-0.4, -0.2) is 82.1 Å². The Morgan fingerprint density at radius 2 is 2.12 bits per heavy atom. The molecular weight excluding hydrogens is 322 g/mol. The minimum Gasteiger partial charge on any atom is -0.339 e. The van der Waals surface area contributed by atoms with Crippen LogP contribution in [0, 0.1) is 6.92 Å². The number of aromatic nitrogens is 2. The van der Waals surface area contributed by atoms with Crippen molar-refractivity contribution in [2.75, 3.05) is 39.8 Å². The van der Waals surface area contributed by atoms with Crippen molar-refractivity contribution in [2.45, 2.75) is 31.7 Å². The molecule has 8 nitrogen and oxygen atoms in total. The molecule has 2 aliphatic heterocycles. The second-order valence-corrected chi connectivity index (χ2v) is 6.95. The number of aryl methyl sites for hydroxylation is 1. The third kappa shape index (κ3) is 3.30. The van der Waals surface area contributed by atoms with E-state index in [1.807, 2.05) is 9.80 Å². The van der Waals surface area contributed by atoms with E-state index in [2.05, 4.69) is 33.5 Å². The van der Waals surface area contributed by atoms with Crippen LogP contribution in [0.5, 0.6) is 0 Å². The molecule has 3 rings (SSSR count). The van der Waals surface area contributed by atoms with E-state index in [1.165, 1.54) is 0 Å². The lowest BCUT2D eigenvalue weighted by atomic mass is 9.86. The topological polar surface area (TPSA) is 82.8 Å². The molecule has 3 heterocycles. The van der Waals surface area contributed by atoms with Crippen molar-refractivity contribution in [3.8, 4) is 0 Å². The molecule has 2 amide bonds. The van der Waals surface area contributed by atoms with Crippen LogP contribution in [0.4, 0.5) is 0 Å². The first-order chi connectivity index (χ1) is 12.0. The summed E-state index contributed by atoms with van der Waals surface area (Å²) in [5, 5.41) is 7.45. The Morgan fingerprint density at radius 1 is 1.32 bits per heavy atom. The number of likely N-dealkylation sites (N-methyl/N-ethyl adjacent to an activating group) is 1. The molecule has 1 atom stereocenters. The smallest absolute Gasteiger partial charge is 0.278 e. The summed E-state index contributed by atoms with van der Waals surface area (Å²) >= 11 is 0. The minimum absolute atomic E-state index is 0.148. The van der Waals surface area contributed by atoms with Gasteiger partial charge in [-0.15, -0.1) is 6.58 Å². The van der Waals surface area contributed by atoms with Gasteiger partial charge in [0.15, 0.2) is 5.69 Å². The zero-order valence-corrected chi connectivity index (χ0v) is 14.9. The fraction of sp³-hybridized carbons (Fsp3) is 0.647. The van der Waals surface area contributed by atoms with Gasteiger partial charge in [0.1, 0.15) is 5.69 Å². The van der Waals surface area contributed by atoms with Crippen LogP contribution < -0.4 is 0 Å². The summed E-state index contributed by atoms with van der Waals surface area (Å²) in [5.74, 6) is 0.00918. The Balaban J connectivity index is 1.78. The summed E-state index contributed by atoms with van der Waals surface area (Å²) in [6.07, 6.45) is 3.83. The van der Waals surface area contributed by atoms with Crippen LogP contribution in [0.15, 0.2) is 17.3 Å². The number of hydrogen-bond donors (Lipinski definition) is 0. The molecule has 2 saturated heterocycles. The quantitative estimate of drug-likeness (QED) is 0.749. The molecule has 1 spiro atoms. The average molecular weight is 347 g/mol. The number of carbonyl (C=O) groups is 2. The third-order valence-electron chi connectivity index (χ3n) is 5.50. The molecule has 0 bridgehead atoms. The first-order valence-electron chi connectivity index (χ1n) is 8.65. The van der Waals surface area contributed by atoms with Crippen LogP contribution >= 0.6 is 0 Å². The number of rotatable bonds is 3. The van der Waals surface area contributed by atoms with E-state index in [0.29, 0.717) is 38.3 Å². The molecule has 0 aliphatic carbocycles. The van der Waals surface area contributed by atoms with Crippen molar-refractivity contribution in [3.05, 3.63) is 24.0 Å². The Hall–Kier alpha value is -2.22. The van der Waals surface area contributed by atoms with Gasteiger partial charge in [-0.2, -0.15) is 0 Å². The fourth-order valence-corrected chi connectivity index (χ4v) is 3.79. The molecule has 0 aromatic carbocycles. The summed E-state index contributed by atoms with van der Waals surface area (Å²) in [6.45, 7) is 8.69. The van der Waals surface area contributed by atoms with E-state index >= 15 is 0 Å². The second kappa shape index (κ2) is 6.95. The number of carbonyl (C=O) groups excluding carboxylic acids is 2. The highest BCUT2D eigenvalue weighted by atomic mass is 16.6. The van der Waals surface area contributed by atoms with Gasteiger partial charge in [0.25, 0.3) is 5.91 Å². The van der Waals surface area contributed by atoms with Crippen molar-refractivity contribution in [2.24, 2.45) is 0 Å². The van der Waals surface area contributed by atoms with Crippen molar-refractivity contribution < 1.29 is 14.2 Å². The van der Waals surface area contributed by atoms with Gasteiger partial charge in [0.2, 0.25) is 5.91 Å². The fourth-order valence-electron chi connectivity index (χ4n) is 3.79. The summed E-state index contributed by atoms with van der Waals surface area (Å²) in [4.78, 5) is 31.1. The summed E-state index contributed by atoms with van der Waals surface area (Å²) < 4.78 is 4.67. The Labute approximate surface area is 147 Å². The maximum Gasteiger partial charge on any atom is 0.278 e. The zero-order valence-electron chi connectivity index (χ0n) is 14.9. The molecule has 2 fully saturated rings. The van der Waals surface area contributed by atoms with E-state index in [4.69, 9.17) is 0 Å². The molecule has 0 saturated carbocycles. The lowest BCUT2D eigenvalue weighted by Crippen LogP contribution is -2.62. The first kappa shape index (κ1) is 17.6. The molecule has 25 heavy (non-hydrogen) atoms. The molecule has 8 heteroatoms. The Morgan fingerprint density at radius 3 is 2.80 bits per heavy atom. The lowest BCUT2D eigenvalue weighted by molar-refractivity contribution is -0.130. The lowest BCUT2D eigenvalue weighted by Gasteiger charge is -2.49. The molecular formula is C17H25N5O3. The highest BCUT2D eigenvalue weighted by Gasteiger charge is 2.43. The van der Waals surface area contributed by atoms with Crippen LogP contribution in [0.3, 0.4) is 0 Å². The van der Waals surface area contributed by atoms with E-state index in [1.54, 1.807) is 13.0 Å². The summed E-state index contributed by atoms with van der Waals surface area (Å²) in [6, 6.07) is 0. The van der Waals surface area contributed by atoms with Gasteiger partial charge in [-0.1, -0.05) is 11.2 Å². The molecule has 0 N–H and O–H groups in total.